The maximum Gasteiger partial charge on any atom is 0.416 e. The molecule has 9 heteroatoms. The quantitative estimate of drug-likeness (QED) is 0.800. The summed E-state index contributed by atoms with van der Waals surface area (Å²) < 4.78 is 38.9. The van der Waals surface area contributed by atoms with E-state index in [9.17, 15) is 27.6 Å². The van der Waals surface area contributed by atoms with Gasteiger partial charge in [-0.1, -0.05) is 6.07 Å². The molecule has 1 N–H and O–H groups in total. The Morgan fingerprint density at radius 2 is 1.71 bits per heavy atom. The van der Waals surface area contributed by atoms with E-state index in [1.54, 1.807) is 29.2 Å². The first-order chi connectivity index (χ1) is 14.7. The Kier molecular flexibility index (Phi) is 5.43. The zero-order valence-electron chi connectivity index (χ0n) is 16.5. The van der Waals surface area contributed by atoms with Crippen LogP contribution in [0.25, 0.3) is 0 Å². The molecule has 2 saturated heterocycles. The van der Waals surface area contributed by atoms with E-state index in [0.29, 0.717) is 18.7 Å². The smallest absolute Gasteiger partial charge is 0.326 e. The highest BCUT2D eigenvalue weighted by Gasteiger charge is 2.37. The SMILES string of the molecule is O=C(Nc1ccc(N2CCCC2=O)cc1)[C@H]1CC(=O)N(c2cccc(C(F)(F)F)c2)C1. The third-order valence-electron chi connectivity index (χ3n) is 5.50. The third-order valence-corrected chi connectivity index (χ3v) is 5.50. The first-order valence-electron chi connectivity index (χ1n) is 9.91. The van der Waals surface area contributed by atoms with Crippen LogP contribution in [0, 0.1) is 5.92 Å². The molecular formula is C22H20F3N3O3. The largest absolute Gasteiger partial charge is 0.416 e. The van der Waals surface area contributed by atoms with Crippen LogP contribution in [0.2, 0.25) is 0 Å². The van der Waals surface area contributed by atoms with Gasteiger partial charge in [-0.05, 0) is 48.9 Å². The Balaban J connectivity index is 1.41. The number of rotatable bonds is 4. The molecule has 31 heavy (non-hydrogen) atoms. The fourth-order valence-electron chi connectivity index (χ4n) is 3.87. The predicted molar refractivity (Wildman–Crippen MR) is 109 cm³/mol. The second-order valence-corrected chi connectivity index (χ2v) is 7.64. The molecular weight excluding hydrogens is 411 g/mol. The Morgan fingerprint density at radius 1 is 0.968 bits per heavy atom. The molecule has 2 fully saturated rings. The molecule has 2 aliphatic heterocycles. The maximum atomic E-state index is 13.0. The van der Waals surface area contributed by atoms with E-state index in [4.69, 9.17) is 0 Å². The summed E-state index contributed by atoms with van der Waals surface area (Å²) in [6, 6.07) is 11.4. The monoisotopic (exact) mass is 431 g/mol. The van der Waals surface area contributed by atoms with Crippen LogP contribution in [-0.2, 0) is 20.6 Å². The van der Waals surface area contributed by atoms with Crippen molar-refractivity contribution < 1.29 is 27.6 Å². The summed E-state index contributed by atoms with van der Waals surface area (Å²) in [5, 5.41) is 2.74. The molecule has 2 aliphatic rings. The van der Waals surface area contributed by atoms with Crippen molar-refractivity contribution in [2.24, 2.45) is 5.92 Å². The van der Waals surface area contributed by atoms with Crippen LogP contribution in [-0.4, -0.2) is 30.8 Å². The van der Waals surface area contributed by atoms with Gasteiger partial charge in [0.1, 0.15) is 0 Å². The molecule has 1 atom stereocenters. The van der Waals surface area contributed by atoms with E-state index in [1.165, 1.54) is 17.0 Å². The standard InChI is InChI=1S/C22H20F3N3O3/c23-22(24,25)15-3-1-4-18(12-15)28-13-14(11-20(28)30)21(31)26-16-6-8-17(9-7-16)27-10-2-5-19(27)29/h1,3-4,6-9,12,14H,2,5,10-11,13H2,(H,26,31)/t14-/m0/s1. The van der Waals surface area contributed by atoms with Gasteiger partial charge in [-0.15, -0.1) is 0 Å². The summed E-state index contributed by atoms with van der Waals surface area (Å²) in [7, 11) is 0. The Morgan fingerprint density at radius 3 is 2.35 bits per heavy atom. The summed E-state index contributed by atoms with van der Waals surface area (Å²) in [5.41, 5.74) is 0.551. The Hall–Kier alpha value is -3.36. The van der Waals surface area contributed by atoms with Gasteiger partial charge in [-0.25, -0.2) is 0 Å². The highest BCUT2D eigenvalue weighted by atomic mass is 19.4. The lowest BCUT2D eigenvalue weighted by molar-refractivity contribution is -0.137. The van der Waals surface area contributed by atoms with E-state index >= 15 is 0 Å². The Bertz CT molecular complexity index is 1020. The summed E-state index contributed by atoms with van der Waals surface area (Å²) in [6.45, 7) is 0.673. The lowest BCUT2D eigenvalue weighted by atomic mass is 10.1. The van der Waals surface area contributed by atoms with E-state index in [0.717, 1.165) is 24.2 Å². The molecule has 2 heterocycles. The molecule has 0 aliphatic carbocycles. The molecule has 4 rings (SSSR count). The number of nitrogens with one attached hydrogen (secondary N) is 1. The number of alkyl halides is 3. The molecule has 0 unspecified atom stereocenters. The number of carbonyl (C=O) groups excluding carboxylic acids is 3. The summed E-state index contributed by atoms with van der Waals surface area (Å²) in [6.07, 6.45) is -3.25. The van der Waals surface area contributed by atoms with Gasteiger partial charge >= 0.3 is 6.18 Å². The third kappa shape index (κ3) is 4.40. The van der Waals surface area contributed by atoms with Gasteiger partial charge in [0.15, 0.2) is 0 Å². The molecule has 3 amide bonds. The minimum Gasteiger partial charge on any atom is -0.326 e. The summed E-state index contributed by atoms with van der Waals surface area (Å²) in [5.74, 6) is -1.40. The number of halogens is 3. The number of amides is 3. The normalized spacial score (nSPS) is 19.3. The Labute approximate surface area is 176 Å². The zero-order valence-corrected chi connectivity index (χ0v) is 16.5. The molecule has 2 aromatic rings. The van der Waals surface area contributed by atoms with Crippen LogP contribution in [0.5, 0.6) is 0 Å². The first-order valence-corrected chi connectivity index (χ1v) is 9.91. The van der Waals surface area contributed by atoms with Gasteiger partial charge in [0.2, 0.25) is 17.7 Å². The van der Waals surface area contributed by atoms with Crippen LogP contribution >= 0.6 is 0 Å². The van der Waals surface area contributed by atoms with Crippen LogP contribution < -0.4 is 15.1 Å². The van der Waals surface area contributed by atoms with E-state index in [2.05, 4.69) is 5.32 Å². The highest BCUT2D eigenvalue weighted by Crippen LogP contribution is 2.33. The number of carbonyl (C=O) groups is 3. The average Bonchev–Trinajstić information content (AvgIpc) is 3.34. The number of anilines is 3. The zero-order chi connectivity index (χ0) is 22.2. The van der Waals surface area contributed by atoms with Crippen molar-refractivity contribution in [1.82, 2.24) is 0 Å². The first kappa shape index (κ1) is 20.9. The molecule has 162 valence electrons. The van der Waals surface area contributed by atoms with Gasteiger partial charge in [-0.2, -0.15) is 13.2 Å². The summed E-state index contributed by atoms with van der Waals surface area (Å²) in [4.78, 5) is 39.7. The van der Waals surface area contributed by atoms with Crippen molar-refractivity contribution in [1.29, 1.82) is 0 Å². The van der Waals surface area contributed by atoms with Crippen LogP contribution in [0.4, 0.5) is 30.2 Å². The predicted octanol–water partition coefficient (Wildman–Crippen LogP) is 3.82. The van der Waals surface area contributed by atoms with E-state index in [-0.39, 0.29) is 30.5 Å². The number of nitrogens with zero attached hydrogens (tertiary/aromatic N) is 2. The summed E-state index contributed by atoms with van der Waals surface area (Å²) >= 11 is 0. The molecule has 0 radical (unpaired) electrons. The van der Waals surface area contributed by atoms with Crippen LogP contribution in [0.3, 0.4) is 0 Å². The van der Waals surface area contributed by atoms with Crippen LogP contribution in [0.1, 0.15) is 24.8 Å². The fourth-order valence-corrected chi connectivity index (χ4v) is 3.87. The number of benzene rings is 2. The topological polar surface area (TPSA) is 69.7 Å². The van der Waals surface area contributed by atoms with E-state index < -0.39 is 23.6 Å². The number of hydrogen-bond acceptors (Lipinski definition) is 3. The number of hydrogen-bond donors (Lipinski definition) is 1. The molecule has 0 saturated carbocycles. The molecule has 0 aromatic heterocycles. The van der Waals surface area contributed by atoms with Gasteiger partial charge in [0.25, 0.3) is 0 Å². The van der Waals surface area contributed by atoms with Crippen LogP contribution in [0.15, 0.2) is 48.5 Å². The maximum absolute atomic E-state index is 13.0. The van der Waals surface area contributed by atoms with Crippen molar-refractivity contribution in [2.45, 2.75) is 25.4 Å². The van der Waals surface area contributed by atoms with Crippen molar-refractivity contribution in [3.8, 4) is 0 Å². The van der Waals surface area contributed by atoms with Gasteiger partial charge in [-0.3, -0.25) is 14.4 Å². The van der Waals surface area contributed by atoms with Crippen molar-refractivity contribution in [3.63, 3.8) is 0 Å². The minimum absolute atomic E-state index is 0.00629. The van der Waals surface area contributed by atoms with Crippen molar-refractivity contribution in [3.05, 3.63) is 54.1 Å². The van der Waals surface area contributed by atoms with E-state index in [1.807, 2.05) is 0 Å². The van der Waals surface area contributed by atoms with Crippen molar-refractivity contribution in [2.75, 3.05) is 28.2 Å². The molecule has 0 spiro atoms. The minimum atomic E-state index is -4.51. The fraction of sp³-hybridized carbons (Fsp3) is 0.318. The van der Waals surface area contributed by atoms with Gasteiger partial charge in [0.05, 0.1) is 11.5 Å². The van der Waals surface area contributed by atoms with Gasteiger partial charge < -0.3 is 15.1 Å². The molecule has 2 aromatic carbocycles. The second-order valence-electron chi connectivity index (χ2n) is 7.64. The molecule has 0 bridgehead atoms. The molecule has 6 nitrogen and oxygen atoms in total. The van der Waals surface area contributed by atoms with Gasteiger partial charge in [0, 0.05) is 43.0 Å². The lowest BCUT2D eigenvalue weighted by Crippen LogP contribution is -2.28. The average molecular weight is 431 g/mol. The highest BCUT2D eigenvalue weighted by molar-refractivity contribution is 6.03. The van der Waals surface area contributed by atoms with Crippen molar-refractivity contribution >= 4 is 34.8 Å². The lowest BCUT2D eigenvalue weighted by Gasteiger charge is -2.18. The second kappa shape index (κ2) is 8.05.